The normalized spacial score (nSPS) is 13.6. The van der Waals surface area contributed by atoms with Crippen LogP contribution in [0.1, 0.15) is 36.5 Å². The van der Waals surface area contributed by atoms with Gasteiger partial charge in [-0.1, -0.05) is 67.6 Å². The first-order valence-corrected chi connectivity index (χ1v) is 10.5. The first-order chi connectivity index (χ1) is 15.1. The molecular weight excluding hydrogens is 388 g/mol. The van der Waals surface area contributed by atoms with E-state index in [1.54, 1.807) is 12.1 Å². The van der Waals surface area contributed by atoms with Gasteiger partial charge in [0, 0.05) is 18.7 Å². The lowest BCUT2D eigenvalue weighted by molar-refractivity contribution is -0.384. The van der Waals surface area contributed by atoms with Crippen molar-refractivity contribution in [2.45, 2.75) is 25.2 Å². The fourth-order valence-electron chi connectivity index (χ4n) is 4.35. The number of amides is 1. The highest BCUT2D eigenvalue weighted by Gasteiger charge is 2.47. The molecule has 3 aromatic carbocycles. The van der Waals surface area contributed by atoms with Crippen LogP contribution in [0.25, 0.3) is 17.2 Å². The monoisotopic (exact) mass is 412 g/mol. The Bertz CT molecular complexity index is 1100. The molecule has 0 spiro atoms. The summed E-state index contributed by atoms with van der Waals surface area (Å²) in [5.41, 5.74) is 4.32. The zero-order chi connectivity index (χ0) is 21.8. The summed E-state index contributed by atoms with van der Waals surface area (Å²) in [6.45, 7) is 2.66. The van der Waals surface area contributed by atoms with Crippen LogP contribution in [0.2, 0.25) is 0 Å². The maximum Gasteiger partial charge on any atom is 0.269 e. The van der Waals surface area contributed by atoms with Crippen molar-refractivity contribution in [3.8, 4) is 11.1 Å². The summed E-state index contributed by atoms with van der Waals surface area (Å²) in [4.78, 5) is 24.1. The number of nitro groups is 1. The Kier molecular flexibility index (Phi) is 5.67. The molecule has 0 radical (unpaired) electrons. The molecule has 0 aromatic heterocycles. The summed E-state index contributed by atoms with van der Waals surface area (Å²) < 4.78 is 0. The molecule has 1 aliphatic carbocycles. The Morgan fingerprint density at radius 2 is 1.55 bits per heavy atom. The number of nitro benzene ring substituents is 1. The van der Waals surface area contributed by atoms with E-state index in [-0.39, 0.29) is 11.6 Å². The first-order valence-electron chi connectivity index (χ1n) is 10.5. The molecule has 0 unspecified atom stereocenters. The first kappa shape index (κ1) is 20.5. The highest BCUT2D eigenvalue weighted by Crippen LogP contribution is 2.51. The average Bonchev–Trinajstić information content (AvgIpc) is 3.09. The molecule has 5 nitrogen and oxygen atoms in total. The lowest BCUT2D eigenvalue weighted by Crippen LogP contribution is -2.44. The Hall–Kier alpha value is -3.73. The Labute approximate surface area is 181 Å². The Balaban J connectivity index is 1.75. The third kappa shape index (κ3) is 3.63. The molecule has 0 saturated heterocycles. The number of fused-ring (bicyclic) bond motifs is 3. The summed E-state index contributed by atoms with van der Waals surface area (Å²) >= 11 is 0. The zero-order valence-electron chi connectivity index (χ0n) is 17.4. The fraction of sp³-hybridized carbons (Fsp3) is 0.192. The van der Waals surface area contributed by atoms with E-state index in [4.69, 9.17) is 0 Å². The molecule has 31 heavy (non-hydrogen) atoms. The maximum absolute atomic E-state index is 13.6. The molecule has 0 heterocycles. The largest absolute Gasteiger partial charge is 0.355 e. The van der Waals surface area contributed by atoms with E-state index >= 15 is 0 Å². The predicted molar refractivity (Wildman–Crippen MR) is 123 cm³/mol. The number of nitrogens with zero attached hydrogens (tertiary/aromatic N) is 1. The minimum Gasteiger partial charge on any atom is -0.355 e. The second kappa shape index (κ2) is 8.56. The molecule has 156 valence electrons. The number of nitrogens with one attached hydrogen (secondary N) is 1. The van der Waals surface area contributed by atoms with Crippen LogP contribution in [0.5, 0.6) is 0 Å². The van der Waals surface area contributed by atoms with Crippen molar-refractivity contribution in [1.29, 1.82) is 0 Å². The summed E-state index contributed by atoms with van der Waals surface area (Å²) in [7, 11) is 0. The highest BCUT2D eigenvalue weighted by molar-refractivity contribution is 6.00. The lowest BCUT2D eigenvalue weighted by Gasteiger charge is -2.30. The van der Waals surface area contributed by atoms with Crippen LogP contribution < -0.4 is 5.32 Å². The number of carbonyl (C=O) groups excluding carboxylic acids is 1. The van der Waals surface area contributed by atoms with Crippen molar-refractivity contribution in [1.82, 2.24) is 5.32 Å². The number of non-ortho nitro benzene ring substituents is 1. The highest BCUT2D eigenvalue weighted by atomic mass is 16.6. The molecule has 1 N–H and O–H groups in total. The van der Waals surface area contributed by atoms with E-state index in [9.17, 15) is 14.9 Å². The number of hydrogen-bond acceptors (Lipinski definition) is 3. The molecule has 5 heteroatoms. The van der Waals surface area contributed by atoms with Crippen molar-refractivity contribution >= 4 is 17.7 Å². The van der Waals surface area contributed by atoms with Gasteiger partial charge >= 0.3 is 0 Å². The van der Waals surface area contributed by atoms with Crippen LogP contribution in [0.15, 0.2) is 78.9 Å². The molecule has 1 aliphatic rings. The van der Waals surface area contributed by atoms with Crippen molar-refractivity contribution in [3.05, 3.63) is 106 Å². The number of carbonyl (C=O) groups is 1. The van der Waals surface area contributed by atoms with Gasteiger partial charge < -0.3 is 5.32 Å². The zero-order valence-corrected chi connectivity index (χ0v) is 17.4. The van der Waals surface area contributed by atoms with Crippen LogP contribution in [0.3, 0.4) is 0 Å². The fourth-order valence-corrected chi connectivity index (χ4v) is 4.35. The molecule has 3 aromatic rings. The average molecular weight is 412 g/mol. The van der Waals surface area contributed by atoms with Gasteiger partial charge in [0.05, 0.1) is 4.92 Å². The summed E-state index contributed by atoms with van der Waals surface area (Å²) in [6.07, 6.45) is 5.27. The maximum atomic E-state index is 13.6. The van der Waals surface area contributed by atoms with E-state index in [0.717, 1.165) is 34.2 Å². The van der Waals surface area contributed by atoms with Gasteiger partial charge in [-0.05, 0) is 52.8 Å². The topological polar surface area (TPSA) is 72.2 Å². The van der Waals surface area contributed by atoms with Gasteiger partial charge in [0.25, 0.3) is 5.69 Å². The van der Waals surface area contributed by atoms with E-state index < -0.39 is 10.3 Å². The smallest absolute Gasteiger partial charge is 0.269 e. The van der Waals surface area contributed by atoms with E-state index in [2.05, 4.69) is 17.4 Å². The van der Waals surface area contributed by atoms with Crippen molar-refractivity contribution in [2.75, 3.05) is 6.54 Å². The van der Waals surface area contributed by atoms with Gasteiger partial charge in [-0.2, -0.15) is 0 Å². The lowest BCUT2D eigenvalue weighted by atomic mass is 9.74. The molecule has 0 bridgehead atoms. The number of rotatable bonds is 7. The van der Waals surface area contributed by atoms with E-state index in [1.165, 1.54) is 12.1 Å². The van der Waals surface area contributed by atoms with Gasteiger partial charge in [0.2, 0.25) is 5.91 Å². The van der Waals surface area contributed by atoms with Crippen LogP contribution in [0.4, 0.5) is 5.69 Å². The van der Waals surface area contributed by atoms with Crippen molar-refractivity contribution in [3.63, 3.8) is 0 Å². The molecule has 0 saturated carbocycles. The van der Waals surface area contributed by atoms with Crippen molar-refractivity contribution in [2.24, 2.45) is 0 Å². The second-order valence-electron chi connectivity index (χ2n) is 7.71. The molecule has 0 atom stereocenters. The van der Waals surface area contributed by atoms with Crippen molar-refractivity contribution < 1.29 is 9.72 Å². The minimum atomic E-state index is -0.806. The summed E-state index contributed by atoms with van der Waals surface area (Å²) in [5, 5.41) is 14.0. The number of allylic oxidation sites excluding steroid dienone is 1. The van der Waals surface area contributed by atoms with Crippen LogP contribution in [0, 0.1) is 10.1 Å². The SMILES string of the molecule is CCCNC(=O)C1(CC=Cc2ccc([N+](=O)[O-])cc2)c2ccccc2-c2ccccc21. The summed E-state index contributed by atoms with van der Waals surface area (Å²) in [6, 6.07) is 22.6. The van der Waals surface area contributed by atoms with Gasteiger partial charge in [-0.25, -0.2) is 0 Å². The van der Waals surface area contributed by atoms with Crippen LogP contribution in [-0.4, -0.2) is 17.4 Å². The van der Waals surface area contributed by atoms with E-state index in [0.29, 0.717) is 13.0 Å². The molecule has 0 fully saturated rings. The predicted octanol–water partition coefficient (Wildman–Crippen LogP) is 5.49. The molecule has 1 amide bonds. The van der Waals surface area contributed by atoms with Gasteiger partial charge in [0.1, 0.15) is 5.41 Å². The minimum absolute atomic E-state index is 0.0000921. The molecule has 4 rings (SSSR count). The van der Waals surface area contributed by atoms with Crippen LogP contribution >= 0.6 is 0 Å². The summed E-state index contributed by atoms with van der Waals surface area (Å²) in [5.74, 6) is 0.0000921. The quantitative estimate of drug-likeness (QED) is 0.412. The van der Waals surface area contributed by atoms with Gasteiger partial charge in [-0.3, -0.25) is 14.9 Å². The standard InChI is InChI=1S/C26H24N2O3/c1-2-18-27-25(29)26(17-7-8-19-13-15-20(16-14-19)28(30)31)23-11-5-3-9-21(23)22-10-4-6-12-24(22)26/h3-16H,2,17-18H2,1H3,(H,27,29). The van der Waals surface area contributed by atoms with Gasteiger partial charge in [-0.15, -0.1) is 0 Å². The molecular formula is C26H24N2O3. The Morgan fingerprint density at radius 1 is 0.968 bits per heavy atom. The third-order valence-electron chi connectivity index (χ3n) is 5.83. The molecule has 0 aliphatic heterocycles. The Morgan fingerprint density at radius 3 is 2.10 bits per heavy atom. The number of benzene rings is 3. The third-order valence-corrected chi connectivity index (χ3v) is 5.83. The number of hydrogen-bond donors (Lipinski definition) is 1. The second-order valence-corrected chi connectivity index (χ2v) is 7.71. The van der Waals surface area contributed by atoms with Gasteiger partial charge in [0.15, 0.2) is 0 Å². The van der Waals surface area contributed by atoms with Crippen LogP contribution in [-0.2, 0) is 10.2 Å². The van der Waals surface area contributed by atoms with E-state index in [1.807, 2.05) is 55.5 Å².